The lowest BCUT2D eigenvalue weighted by Crippen LogP contribution is -2.51. The summed E-state index contributed by atoms with van der Waals surface area (Å²) in [6, 6.07) is 5.74. The van der Waals surface area contributed by atoms with Crippen LogP contribution < -0.4 is 21.3 Å². The fraction of sp³-hybridized carbons (Fsp3) is 0.391. The normalized spacial score (nSPS) is 18.3. The molecule has 3 rings (SSSR count). The number of nitrogens with one attached hydrogen (secondary N) is 4. The molecule has 34 heavy (non-hydrogen) atoms. The van der Waals surface area contributed by atoms with Crippen molar-refractivity contribution in [2.24, 2.45) is 5.92 Å². The maximum atomic E-state index is 12.9. The van der Waals surface area contributed by atoms with Gasteiger partial charge in [-0.3, -0.25) is 29.1 Å². The Morgan fingerprint density at radius 1 is 1.06 bits per heavy atom. The number of carbonyl (C=O) groups is 4. The summed E-state index contributed by atoms with van der Waals surface area (Å²) in [5.41, 5.74) is 1.16. The Morgan fingerprint density at radius 2 is 1.85 bits per heavy atom. The number of aromatic nitrogens is 2. The van der Waals surface area contributed by atoms with Gasteiger partial charge in [-0.2, -0.15) is 0 Å². The fourth-order valence-corrected chi connectivity index (χ4v) is 3.40. The van der Waals surface area contributed by atoms with E-state index in [1.54, 1.807) is 30.5 Å². The van der Waals surface area contributed by atoms with E-state index in [0.717, 1.165) is 0 Å². The highest BCUT2D eigenvalue weighted by Crippen LogP contribution is 2.10. The summed E-state index contributed by atoms with van der Waals surface area (Å²) in [4.78, 5) is 60.4. The summed E-state index contributed by atoms with van der Waals surface area (Å²) in [5, 5.41) is 11.4. The molecule has 0 aliphatic carbocycles. The molecule has 4 N–H and O–H groups in total. The minimum atomic E-state index is -0.799. The maximum Gasteiger partial charge on any atom is 0.270 e. The van der Waals surface area contributed by atoms with E-state index < -0.39 is 11.9 Å². The van der Waals surface area contributed by atoms with Gasteiger partial charge in [0.1, 0.15) is 11.7 Å². The second-order valence-electron chi connectivity index (χ2n) is 8.16. The molecule has 1 aliphatic rings. The van der Waals surface area contributed by atoms with E-state index in [0.29, 0.717) is 24.3 Å². The molecule has 2 aromatic heterocycles. The van der Waals surface area contributed by atoms with Crippen LogP contribution in [0.2, 0.25) is 0 Å². The zero-order valence-electron chi connectivity index (χ0n) is 19.2. The molecule has 4 amide bonds. The van der Waals surface area contributed by atoms with Crippen LogP contribution in [0.5, 0.6) is 0 Å². The summed E-state index contributed by atoms with van der Waals surface area (Å²) in [5.74, 6) is -1.75. The predicted octanol–water partition coefficient (Wildman–Crippen LogP) is 0.0313. The van der Waals surface area contributed by atoms with Gasteiger partial charge in [0.25, 0.3) is 11.8 Å². The summed E-state index contributed by atoms with van der Waals surface area (Å²) in [6.07, 6.45) is 4.48. The fourth-order valence-electron chi connectivity index (χ4n) is 3.40. The molecule has 11 heteroatoms. The molecule has 0 spiro atoms. The van der Waals surface area contributed by atoms with E-state index in [4.69, 9.17) is 0 Å². The molecule has 2 aromatic rings. The van der Waals surface area contributed by atoms with Crippen molar-refractivity contribution < 1.29 is 19.2 Å². The van der Waals surface area contributed by atoms with Gasteiger partial charge in [0, 0.05) is 50.5 Å². The number of nitrogens with zero attached hydrogens (tertiary/aromatic N) is 3. The van der Waals surface area contributed by atoms with Gasteiger partial charge in [-0.05, 0) is 30.2 Å². The second kappa shape index (κ2) is 11.7. The van der Waals surface area contributed by atoms with Crippen LogP contribution in [0.3, 0.4) is 0 Å². The summed E-state index contributed by atoms with van der Waals surface area (Å²) >= 11 is 0. The van der Waals surface area contributed by atoms with Crippen LogP contribution in [-0.4, -0.2) is 77.3 Å². The molecule has 0 fully saturated rings. The summed E-state index contributed by atoms with van der Waals surface area (Å²) in [6.45, 7) is 4.39. The first-order valence-electron chi connectivity index (χ1n) is 11.1. The van der Waals surface area contributed by atoms with Gasteiger partial charge in [-0.25, -0.2) is 0 Å². The number of carbonyl (C=O) groups excluding carboxylic acids is 4. The van der Waals surface area contributed by atoms with Crippen molar-refractivity contribution in [3.63, 3.8) is 0 Å². The Kier molecular flexibility index (Phi) is 8.49. The molecule has 0 aromatic carbocycles. The Balaban J connectivity index is 1.80. The van der Waals surface area contributed by atoms with Crippen molar-refractivity contribution in [3.8, 4) is 0 Å². The van der Waals surface area contributed by atoms with Gasteiger partial charge in [0.2, 0.25) is 11.8 Å². The number of anilines is 1. The number of hydrogen-bond donors (Lipinski definition) is 4. The van der Waals surface area contributed by atoms with Crippen molar-refractivity contribution in [1.82, 2.24) is 30.8 Å². The molecule has 0 saturated carbocycles. The van der Waals surface area contributed by atoms with E-state index in [9.17, 15) is 19.2 Å². The van der Waals surface area contributed by atoms with Crippen molar-refractivity contribution in [1.29, 1.82) is 0 Å². The van der Waals surface area contributed by atoms with Crippen LogP contribution in [0.25, 0.3) is 0 Å². The molecule has 0 saturated heterocycles. The first-order chi connectivity index (χ1) is 16.3. The van der Waals surface area contributed by atoms with Crippen molar-refractivity contribution >= 4 is 29.3 Å². The van der Waals surface area contributed by atoms with Crippen LogP contribution in [0.1, 0.15) is 34.7 Å². The van der Waals surface area contributed by atoms with Crippen molar-refractivity contribution in [2.75, 3.05) is 38.0 Å². The third-order valence-electron chi connectivity index (χ3n) is 5.22. The standard InChI is InChI=1S/C23H29N7O4/c1-15(2)20-22(33)28-10-11-30(23(34)16-4-3-6-24-13-16)14-19(31)27-9-8-25-17-5-7-26-18(12-17)21(32)29-20/h3-7,12-13,15,20,25H,8-11,14H2,1-2H3,(H,27,31)(H,28,33)(H,29,32)/t20-/m0/s1. The topological polar surface area (TPSA) is 145 Å². The van der Waals surface area contributed by atoms with Gasteiger partial charge < -0.3 is 26.2 Å². The number of rotatable bonds is 2. The zero-order valence-corrected chi connectivity index (χ0v) is 19.2. The molecule has 0 radical (unpaired) electrons. The minimum Gasteiger partial charge on any atom is -0.383 e. The van der Waals surface area contributed by atoms with E-state index in [1.807, 2.05) is 13.8 Å². The van der Waals surface area contributed by atoms with E-state index in [2.05, 4.69) is 31.2 Å². The molecule has 0 unspecified atom stereocenters. The maximum absolute atomic E-state index is 12.9. The average Bonchev–Trinajstić information content (AvgIpc) is 2.84. The Hall–Kier alpha value is -4.02. The summed E-state index contributed by atoms with van der Waals surface area (Å²) < 4.78 is 0. The quantitative estimate of drug-likeness (QED) is 0.488. The third-order valence-corrected chi connectivity index (χ3v) is 5.22. The van der Waals surface area contributed by atoms with Gasteiger partial charge in [-0.15, -0.1) is 0 Å². The number of fused-ring (bicyclic) bond motifs is 2. The molecular formula is C23H29N7O4. The molecule has 180 valence electrons. The Labute approximate surface area is 197 Å². The van der Waals surface area contributed by atoms with Crippen molar-refractivity contribution in [2.45, 2.75) is 19.9 Å². The SMILES string of the molecule is CC(C)[C@@H]1NC(=O)c2cc(ccn2)NCCNC(=O)CN(C(=O)c2cccnc2)CCNC1=O. The number of amides is 4. The number of hydrogen-bond acceptors (Lipinski definition) is 7. The average molecular weight is 468 g/mol. The van der Waals surface area contributed by atoms with Gasteiger partial charge >= 0.3 is 0 Å². The van der Waals surface area contributed by atoms with Crippen molar-refractivity contribution in [3.05, 3.63) is 54.1 Å². The van der Waals surface area contributed by atoms with Crippen LogP contribution in [0, 0.1) is 5.92 Å². The highest BCUT2D eigenvalue weighted by molar-refractivity contribution is 5.97. The van der Waals surface area contributed by atoms with E-state index >= 15 is 0 Å². The first-order valence-corrected chi connectivity index (χ1v) is 11.1. The smallest absolute Gasteiger partial charge is 0.270 e. The van der Waals surface area contributed by atoms with E-state index in [-0.39, 0.29) is 49.0 Å². The predicted molar refractivity (Wildman–Crippen MR) is 125 cm³/mol. The molecule has 11 nitrogen and oxygen atoms in total. The van der Waals surface area contributed by atoms with Crippen LogP contribution in [0.15, 0.2) is 42.9 Å². The lowest BCUT2D eigenvalue weighted by Gasteiger charge is -2.24. The van der Waals surface area contributed by atoms with Gasteiger partial charge in [-0.1, -0.05) is 13.8 Å². The monoisotopic (exact) mass is 467 g/mol. The lowest BCUT2D eigenvalue weighted by atomic mass is 10.0. The van der Waals surface area contributed by atoms with Crippen LogP contribution in [-0.2, 0) is 9.59 Å². The zero-order chi connectivity index (χ0) is 24.5. The molecular weight excluding hydrogens is 438 g/mol. The highest BCUT2D eigenvalue weighted by Gasteiger charge is 2.26. The number of pyridine rings is 2. The summed E-state index contributed by atoms with van der Waals surface area (Å²) in [7, 11) is 0. The lowest BCUT2D eigenvalue weighted by molar-refractivity contribution is -0.124. The Bertz CT molecular complexity index is 1030. The minimum absolute atomic E-state index is 0.103. The third kappa shape index (κ3) is 6.74. The van der Waals surface area contributed by atoms with Crippen LogP contribution in [0.4, 0.5) is 5.69 Å². The van der Waals surface area contributed by atoms with Gasteiger partial charge in [0.15, 0.2) is 0 Å². The first kappa shape index (κ1) is 24.6. The highest BCUT2D eigenvalue weighted by atomic mass is 16.2. The largest absolute Gasteiger partial charge is 0.383 e. The Morgan fingerprint density at radius 3 is 2.59 bits per heavy atom. The molecule has 1 aliphatic heterocycles. The van der Waals surface area contributed by atoms with E-state index in [1.165, 1.54) is 17.3 Å². The molecule has 3 heterocycles. The molecule has 2 bridgehead atoms. The molecule has 1 atom stereocenters. The van der Waals surface area contributed by atoms with Gasteiger partial charge in [0.05, 0.1) is 12.1 Å². The second-order valence-corrected chi connectivity index (χ2v) is 8.16. The van der Waals surface area contributed by atoms with Crippen LogP contribution >= 0.6 is 0 Å².